The average Bonchev–Trinajstić information content (AvgIpc) is 2.07. The van der Waals surface area contributed by atoms with Crippen LogP contribution in [-0.4, -0.2) is 36.5 Å². The van der Waals surface area contributed by atoms with Gasteiger partial charge in [0, 0.05) is 12.1 Å². The van der Waals surface area contributed by atoms with Gasteiger partial charge in [-0.1, -0.05) is 0 Å². The van der Waals surface area contributed by atoms with Gasteiger partial charge in [0.25, 0.3) is 0 Å². The molecular formula is C6H11NO2S. The molecule has 0 aromatic rings. The zero-order valence-corrected chi connectivity index (χ0v) is 6.98. The summed E-state index contributed by atoms with van der Waals surface area (Å²) in [5, 5.41) is -0.153. The van der Waals surface area contributed by atoms with Crippen LogP contribution in [0.1, 0.15) is 13.8 Å². The topological polar surface area (TPSA) is 37.1 Å². The van der Waals surface area contributed by atoms with Gasteiger partial charge in [0.15, 0.2) is 9.84 Å². The Bertz CT molecular complexity index is 267. The summed E-state index contributed by atoms with van der Waals surface area (Å²) in [6.07, 6.45) is 0. The molecule has 10 heavy (non-hydrogen) atoms. The fourth-order valence-electron chi connectivity index (χ4n) is 1.90. The van der Waals surface area contributed by atoms with Crippen molar-refractivity contribution in [3.05, 3.63) is 0 Å². The van der Waals surface area contributed by atoms with Gasteiger partial charge in [-0.05, 0) is 13.8 Å². The van der Waals surface area contributed by atoms with Crippen LogP contribution < -0.4 is 0 Å². The number of hydrogen-bond acceptors (Lipinski definition) is 3. The fourth-order valence-corrected chi connectivity index (χ4v) is 4.29. The molecule has 0 N–H and O–H groups in total. The maximum atomic E-state index is 11.2. The number of rotatable bonds is 0. The van der Waals surface area contributed by atoms with Crippen molar-refractivity contribution in [3.63, 3.8) is 0 Å². The number of nitrogens with zero attached hydrogens (tertiary/aromatic N) is 1. The lowest BCUT2D eigenvalue weighted by atomic mass is 10.2. The number of hydrogen-bond donors (Lipinski definition) is 0. The largest absolute Gasteiger partial charge is 0.277 e. The monoisotopic (exact) mass is 161 g/mol. The second kappa shape index (κ2) is 1.41. The summed E-state index contributed by atoms with van der Waals surface area (Å²) in [4.78, 5) is 2.03. The molecule has 2 fully saturated rings. The lowest BCUT2D eigenvalue weighted by molar-refractivity contribution is 0.475. The van der Waals surface area contributed by atoms with E-state index in [9.17, 15) is 8.42 Å². The van der Waals surface area contributed by atoms with E-state index in [2.05, 4.69) is 0 Å². The van der Waals surface area contributed by atoms with E-state index < -0.39 is 9.84 Å². The molecule has 0 spiro atoms. The maximum absolute atomic E-state index is 11.2. The first kappa shape index (κ1) is 6.61. The van der Waals surface area contributed by atoms with E-state index in [1.54, 1.807) is 0 Å². The van der Waals surface area contributed by atoms with Crippen LogP contribution in [-0.2, 0) is 9.84 Å². The molecule has 2 saturated heterocycles. The van der Waals surface area contributed by atoms with Gasteiger partial charge in [-0.3, -0.25) is 4.90 Å². The third kappa shape index (κ3) is 0.563. The second-order valence-corrected chi connectivity index (χ2v) is 5.75. The summed E-state index contributed by atoms with van der Waals surface area (Å²) in [7, 11) is -2.73. The highest BCUT2D eigenvalue weighted by Crippen LogP contribution is 2.47. The lowest BCUT2D eigenvalue weighted by Crippen LogP contribution is -2.21. The quantitative estimate of drug-likeness (QED) is 0.463. The van der Waals surface area contributed by atoms with Gasteiger partial charge in [-0.25, -0.2) is 8.42 Å². The average molecular weight is 161 g/mol. The highest BCUT2D eigenvalue weighted by Gasteiger charge is 2.66. The summed E-state index contributed by atoms with van der Waals surface area (Å²) in [6, 6.07) is 0. The maximum Gasteiger partial charge on any atom is 0.169 e. The van der Waals surface area contributed by atoms with Gasteiger partial charge in [0.2, 0.25) is 0 Å². The number of fused-ring (bicyclic) bond motifs is 1. The molecule has 0 saturated carbocycles. The molecular weight excluding hydrogens is 150 g/mol. The molecule has 4 heteroatoms. The Morgan fingerprint density at radius 1 is 1.50 bits per heavy atom. The van der Waals surface area contributed by atoms with Crippen molar-refractivity contribution in [2.45, 2.75) is 24.8 Å². The highest BCUT2D eigenvalue weighted by molar-refractivity contribution is 7.92. The van der Waals surface area contributed by atoms with E-state index in [0.29, 0.717) is 5.75 Å². The Hall–Kier alpha value is -0.0900. The first-order valence-corrected chi connectivity index (χ1v) is 5.16. The smallest absolute Gasteiger partial charge is 0.169 e. The first-order chi connectivity index (χ1) is 4.46. The predicted octanol–water partition coefficient (Wildman–Crippen LogP) is -0.165. The third-order valence-corrected chi connectivity index (χ3v) is 4.78. The molecule has 58 valence electrons. The Balaban J connectivity index is 2.39. The van der Waals surface area contributed by atoms with Crippen LogP contribution in [0.15, 0.2) is 0 Å². The zero-order chi connectivity index (χ0) is 7.57. The van der Waals surface area contributed by atoms with Crippen molar-refractivity contribution >= 4 is 9.84 Å². The van der Waals surface area contributed by atoms with Gasteiger partial charge in [-0.2, -0.15) is 0 Å². The third-order valence-electron chi connectivity index (χ3n) is 2.52. The first-order valence-electron chi connectivity index (χ1n) is 3.44. The molecule has 0 aromatic carbocycles. The second-order valence-electron chi connectivity index (χ2n) is 3.57. The molecule has 3 nitrogen and oxygen atoms in total. The SMILES string of the molecule is CC1(C)C2N1CCS2(=O)=O. The molecule has 2 aliphatic rings. The van der Waals surface area contributed by atoms with Crippen LogP contribution in [0.5, 0.6) is 0 Å². The van der Waals surface area contributed by atoms with Gasteiger partial charge in [0.1, 0.15) is 5.37 Å². The number of sulfone groups is 1. The summed E-state index contributed by atoms with van der Waals surface area (Å²) < 4.78 is 22.4. The van der Waals surface area contributed by atoms with Crippen LogP contribution in [0.4, 0.5) is 0 Å². The van der Waals surface area contributed by atoms with Gasteiger partial charge >= 0.3 is 0 Å². The van der Waals surface area contributed by atoms with E-state index >= 15 is 0 Å². The molecule has 2 atom stereocenters. The zero-order valence-electron chi connectivity index (χ0n) is 6.16. The molecule has 2 unspecified atom stereocenters. The predicted molar refractivity (Wildman–Crippen MR) is 38.4 cm³/mol. The Kier molecular flexibility index (Phi) is 0.930. The minimum absolute atomic E-state index is 0.0584. The minimum Gasteiger partial charge on any atom is -0.277 e. The summed E-state index contributed by atoms with van der Waals surface area (Å²) in [6.45, 7) is 4.70. The standard InChI is InChI=1S/C6H11NO2S/c1-6(2)5-7(6)3-4-10(5,8)9/h5H,3-4H2,1-2H3. The summed E-state index contributed by atoms with van der Waals surface area (Å²) in [5.41, 5.74) is -0.0584. The van der Waals surface area contributed by atoms with E-state index in [1.165, 1.54) is 0 Å². The molecule has 0 amide bonds. The molecule has 2 aliphatic heterocycles. The van der Waals surface area contributed by atoms with Crippen molar-refractivity contribution in [2.75, 3.05) is 12.3 Å². The summed E-state index contributed by atoms with van der Waals surface area (Å²) >= 11 is 0. The Labute approximate surface area is 60.9 Å². The van der Waals surface area contributed by atoms with Gasteiger partial charge in [-0.15, -0.1) is 0 Å². The minimum atomic E-state index is -2.73. The van der Waals surface area contributed by atoms with Crippen LogP contribution in [0.3, 0.4) is 0 Å². The summed E-state index contributed by atoms with van der Waals surface area (Å²) in [5.74, 6) is 0.362. The van der Waals surface area contributed by atoms with Gasteiger partial charge in [0.05, 0.1) is 5.75 Å². The van der Waals surface area contributed by atoms with Gasteiger partial charge < -0.3 is 0 Å². The Morgan fingerprint density at radius 3 is 2.30 bits per heavy atom. The van der Waals surface area contributed by atoms with Crippen molar-refractivity contribution in [1.82, 2.24) is 4.90 Å². The normalized spacial score (nSPS) is 46.6. The van der Waals surface area contributed by atoms with E-state index in [1.807, 2.05) is 18.7 Å². The van der Waals surface area contributed by atoms with E-state index in [-0.39, 0.29) is 10.9 Å². The van der Waals surface area contributed by atoms with Crippen molar-refractivity contribution < 1.29 is 8.42 Å². The van der Waals surface area contributed by atoms with Crippen LogP contribution in [0, 0.1) is 0 Å². The molecule has 0 aliphatic carbocycles. The highest BCUT2D eigenvalue weighted by atomic mass is 32.2. The molecule has 2 heterocycles. The van der Waals surface area contributed by atoms with E-state index in [4.69, 9.17) is 0 Å². The van der Waals surface area contributed by atoms with Crippen LogP contribution in [0.2, 0.25) is 0 Å². The lowest BCUT2D eigenvalue weighted by Gasteiger charge is -2.04. The van der Waals surface area contributed by atoms with E-state index in [0.717, 1.165) is 6.54 Å². The molecule has 0 bridgehead atoms. The Morgan fingerprint density at radius 2 is 2.10 bits per heavy atom. The molecule has 2 rings (SSSR count). The fraction of sp³-hybridized carbons (Fsp3) is 1.00. The van der Waals surface area contributed by atoms with Crippen LogP contribution >= 0.6 is 0 Å². The molecule has 0 aromatic heterocycles. The van der Waals surface area contributed by atoms with Crippen LogP contribution in [0.25, 0.3) is 0 Å². The molecule has 0 radical (unpaired) electrons. The van der Waals surface area contributed by atoms with Crippen molar-refractivity contribution in [2.24, 2.45) is 0 Å². The van der Waals surface area contributed by atoms with Crippen molar-refractivity contribution in [1.29, 1.82) is 0 Å². The van der Waals surface area contributed by atoms with Crippen molar-refractivity contribution in [3.8, 4) is 0 Å².